The Hall–Kier alpha value is -2.50. The molecule has 1 aromatic heterocycles. The third kappa shape index (κ3) is 2.64. The normalized spacial score (nSPS) is 24.2. The molecule has 6 heteroatoms. The molecule has 2 atom stereocenters. The molecule has 1 saturated heterocycles. The van der Waals surface area contributed by atoms with Crippen molar-refractivity contribution in [3.05, 3.63) is 36.2 Å². The molecule has 0 aliphatic carbocycles. The van der Waals surface area contributed by atoms with E-state index in [0.29, 0.717) is 0 Å². The maximum absolute atomic E-state index is 11.9. The first kappa shape index (κ1) is 14.4. The van der Waals surface area contributed by atoms with Crippen molar-refractivity contribution in [1.82, 2.24) is 10.6 Å². The van der Waals surface area contributed by atoms with Crippen LogP contribution in [0.15, 0.2) is 35.6 Å². The molecule has 3 heterocycles. The summed E-state index contributed by atoms with van der Waals surface area (Å²) in [5, 5.41) is 4.89. The highest BCUT2D eigenvalue weighted by molar-refractivity contribution is 6.05. The summed E-state index contributed by atoms with van der Waals surface area (Å²) < 4.78 is 1.92. The standard InChI is InChI=1S/C16H18N4O2/c1-16(2,3)10-4-6-20(7-5-10)11-8-12-13(17-9-11)18-15(22)19-14(12)21/h4-9,12-13H,1-3H3,(H-,18,19,21,22)/p+1. The summed E-state index contributed by atoms with van der Waals surface area (Å²) in [4.78, 5) is 27.4. The first-order chi connectivity index (χ1) is 10.3. The van der Waals surface area contributed by atoms with Crippen molar-refractivity contribution in [3.8, 4) is 0 Å². The Morgan fingerprint density at radius 2 is 1.86 bits per heavy atom. The predicted octanol–water partition coefficient (Wildman–Crippen LogP) is 0.979. The Balaban J connectivity index is 1.87. The van der Waals surface area contributed by atoms with Gasteiger partial charge in [-0.1, -0.05) is 20.8 Å². The summed E-state index contributed by atoms with van der Waals surface area (Å²) in [6.07, 6.45) is 6.90. The minimum absolute atomic E-state index is 0.0900. The lowest BCUT2D eigenvalue weighted by atomic mass is 9.88. The van der Waals surface area contributed by atoms with Crippen molar-refractivity contribution in [2.45, 2.75) is 32.4 Å². The maximum atomic E-state index is 11.9. The first-order valence-electron chi connectivity index (χ1n) is 7.23. The minimum atomic E-state index is -0.514. The van der Waals surface area contributed by atoms with E-state index < -0.39 is 18.1 Å². The van der Waals surface area contributed by atoms with Gasteiger partial charge < -0.3 is 5.32 Å². The Morgan fingerprint density at radius 1 is 1.18 bits per heavy atom. The lowest BCUT2D eigenvalue weighted by Gasteiger charge is -2.28. The third-order valence-electron chi connectivity index (χ3n) is 3.87. The van der Waals surface area contributed by atoms with Gasteiger partial charge in [-0.25, -0.2) is 4.79 Å². The van der Waals surface area contributed by atoms with Crippen LogP contribution in [0.25, 0.3) is 5.70 Å². The smallest absolute Gasteiger partial charge is 0.315 e. The summed E-state index contributed by atoms with van der Waals surface area (Å²) in [5.41, 5.74) is 2.14. The molecule has 2 aliphatic heterocycles. The predicted molar refractivity (Wildman–Crippen MR) is 82.1 cm³/mol. The Labute approximate surface area is 128 Å². The number of aromatic nitrogens is 1. The second kappa shape index (κ2) is 5.05. The van der Waals surface area contributed by atoms with Gasteiger partial charge in [-0.2, -0.15) is 4.57 Å². The summed E-state index contributed by atoms with van der Waals surface area (Å²) >= 11 is 0. The van der Waals surface area contributed by atoms with Gasteiger partial charge in [0.25, 0.3) is 0 Å². The summed E-state index contributed by atoms with van der Waals surface area (Å²) in [6, 6.07) is 3.62. The number of carbonyl (C=O) groups is 2. The fraction of sp³-hybridized carbons (Fsp3) is 0.375. The zero-order valence-electron chi connectivity index (χ0n) is 12.8. The van der Waals surface area contributed by atoms with Gasteiger partial charge in [0, 0.05) is 18.2 Å². The number of pyridine rings is 1. The molecule has 3 amide bonds. The van der Waals surface area contributed by atoms with Crippen LogP contribution in [0.4, 0.5) is 4.79 Å². The van der Waals surface area contributed by atoms with Crippen molar-refractivity contribution in [3.63, 3.8) is 0 Å². The lowest BCUT2D eigenvalue weighted by Crippen LogP contribution is -2.58. The topological polar surface area (TPSA) is 74.4 Å². The molecule has 22 heavy (non-hydrogen) atoms. The zero-order valence-corrected chi connectivity index (χ0v) is 12.8. The van der Waals surface area contributed by atoms with Gasteiger partial charge in [-0.05, 0) is 11.0 Å². The van der Waals surface area contributed by atoms with Crippen LogP contribution in [0, 0.1) is 5.92 Å². The molecule has 1 fully saturated rings. The highest BCUT2D eigenvalue weighted by Crippen LogP contribution is 2.21. The van der Waals surface area contributed by atoms with Crippen molar-refractivity contribution < 1.29 is 14.2 Å². The Morgan fingerprint density at radius 3 is 2.50 bits per heavy atom. The van der Waals surface area contributed by atoms with E-state index in [1.165, 1.54) is 5.56 Å². The molecule has 6 nitrogen and oxygen atoms in total. The highest BCUT2D eigenvalue weighted by Gasteiger charge is 2.37. The summed E-state index contributed by atoms with van der Waals surface area (Å²) in [6.45, 7) is 6.48. The second-order valence-electron chi connectivity index (χ2n) is 6.55. The van der Waals surface area contributed by atoms with Crippen LogP contribution >= 0.6 is 0 Å². The number of fused-ring (bicyclic) bond motifs is 1. The SMILES string of the molecule is CC(C)(C)c1cc[n+](C2=CC3C(=O)NC(=O)NC3N=C2)cc1. The average molecular weight is 299 g/mol. The Kier molecular flexibility index (Phi) is 3.31. The van der Waals surface area contributed by atoms with Crippen LogP contribution < -0.4 is 15.2 Å². The van der Waals surface area contributed by atoms with Crippen molar-refractivity contribution in [2.24, 2.45) is 10.9 Å². The first-order valence-corrected chi connectivity index (χ1v) is 7.23. The van der Waals surface area contributed by atoms with E-state index >= 15 is 0 Å². The van der Waals surface area contributed by atoms with E-state index in [9.17, 15) is 9.59 Å². The van der Waals surface area contributed by atoms with Crippen LogP contribution in [0.5, 0.6) is 0 Å². The molecule has 0 saturated carbocycles. The van der Waals surface area contributed by atoms with Gasteiger partial charge in [0.1, 0.15) is 12.1 Å². The van der Waals surface area contributed by atoms with E-state index in [1.807, 2.05) is 23.0 Å². The van der Waals surface area contributed by atoms with Crippen molar-refractivity contribution in [1.29, 1.82) is 0 Å². The minimum Gasteiger partial charge on any atom is -0.315 e. The summed E-state index contributed by atoms with van der Waals surface area (Å²) in [7, 11) is 0. The molecule has 0 aromatic carbocycles. The summed E-state index contributed by atoms with van der Waals surface area (Å²) in [5.74, 6) is -0.803. The number of imide groups is 1. The number of allylic oxidation sites excluding steroid dienone is 1. The molecule has 1 aromatic rings. The van der Waals surface area contributed by atoms with Gasteiger partial charge in [-0.3, -0.25) is 15.1 Å². The molecule has 0 radical (unpaired) electrons. The van der Waals surface area contributed by atoms with Crippen molar-refractivity contribution in [2.75, 3.05) is 0 Å². The number of rotatable bonds is 1. The number of urea groups is 1. The van der Waals surface area contributed by atoms with Crippen LogP contribution in [0.2, 0.25) is 0 Å². The molecule has 2 N–H and O–H groups in total. The zero-order chi connectivity index (χ0) is 15.9. The molecule has 0 spiro atoms. The number of aliphatic imine (C=N–C) groups is 1. The number of hydrogen-bond donors (Lipinski definition) is 2. The van der Waals surface area contributed by atoms with Crippen LogP contribution in [0.1, 0.15) is 26.3 Å². The van der Waals surface area contributed by atoms with Crippen LogP contribution in [0.3, 0.4) is 0 Å². The monoisotopic (exact) mass is 299 g/mol. The van der Waals surface area contributed by atoms with Gasteiger partial charge in [0.05, 0.1) is 6.21 Å². The van der Waals surface area contributed by atoms with Gasteiger partial charge >= 0.3 is 6.03 Å². The third-order valence-corrected chi connectivity index (χ3v) is 3.87. The largest absolute Gasteiger partial charge is 0.323 e. The molecule has 2 aliphatic rings. The Bertz CT molecular complexity index is 683. The molecular weight excluding hydrogens is 280 g/mol. The number of carbonyl (C=O) groups excluding carboxylic acids is 2. The molecule has 0 bridgehead atoms. The lowest BCUT2D eigenvalue weighted by molar-refractivity contribution is -0.576. The number of hydrogen-bond acceptors (Lipinski definition) is 3. The van der Waals surface area contributed by atoms with Gasteiger partial charge in [0.15, 0.2) is 12.4 Å². The van der Waals surface area contributed by atoms with E-state index in [4.69, 9.17) is 0 Å². The number of dihydropyridines is 1. The van der Waals surface area contributed by atoms with E-state index in [0.717, 1.165) is 5.70 Å². The number of nitrogens with zero attached hydrogens (tertiary/aromatic N) is 2. The van der Waals surface area contributed by atoms with Crippen LogP contribution in [-0.2, 0) is 10.2 Å². The number of amides is 3. The quantitative estimate of drug-likeness (QED) is 0.759. The van der Waals surface area contributed by atoms with Gasteiger partial charge in [-0.15, -0.1) is 0 Å². The molecule has 3 rings (SSSR count). The number of nitrogens with one attached hydrogen (secondary N) is 2. The van der Waals surface area contributed by atoms with E-state index in [1.54, 1.807) is 6.21 Å². The van der Waals surface area contributed by atoms with Crippen molar-refractivity contribution >= 4 is 23.8 Å². The molecular formula is C16H19N4O2+. The second-order valence-corrected chi connectivity index (χ2v) is 6.55. The molecule has 114 valence electrons. The van der Waals surface area contributed by atoms with Gasteiger partial charge in [0.2, 0.25) is 11.6 Å². The maximum Gasteiger partial charge on any atom is 0.323 e. The highest BCUT2D eigenvalue weighted by atomic mass is 16.2. The van der Waals surface area contributed by atoms with E-state index in [2.05, 4.69) is 48.5 Å². The van der Waals surface area contributed by atoms with Crippen LogP contribution in [-0.4, -0.2) is 24.3 Å². The average Bonchev–Trinajstić information content (AvgIpc) is 2.46. The fourth-order valence-corrected chi connectivity index (χ4v) is 2.53. The molecule has 2 unspecified atom stereocenters. The van der Waals surface area contributed by atoms with E-state index in [-0.39, 0.29) is 11.3 Å². The fourth-order valence-electron chi connectivity index (χ4n) is 2.53.